The van der Waals surface area contributed by atoms with Gasteiger partial charge in [-0.1, -0.05) is 0 Å². The van der Waals surface area contributed by atoms with Gasteiger partial charge < -0.3 is 20.2 Å². The zero-order chi connectivity index (χ0) is 19.8. The molecule has 3 N–H and O–H groups in total. The van der Waals surface area contributed by atoms with E-state index in [9.17, 15) is 4.79 Å². The molecule has 3 aromatic heterocycles. The number of imidazole rings is 1. The number of aromatic nitrogens is 3. The Balaban J connectivity index is 1.49. The van der Waals surface area contributed by atoms with Crippen LogP contribution in [0.3, 0.4) is 0 Å². The molecule has 1 saturated heterocycles. The molecule has 1 aromatic carbocycles. The first-order valence-corrected chi connectivity index (χ1v) is 9.77. The summed E-state index contributed by atoms with van der Waals surface area (Å²) in [5.41, 5.74) is 3.03. The third-order valence-electron chi connectivity index (χ3n) is 5.31. The topological polar surface area (TPSA) is 105 Å². The van der Waals surface area contributed by atoms with Crippen LogP contribution >= 0.6 is 0 Å². The van der Waals surface area contributed by atoms with Crippen LogP contribution in [0.5, 0.6) is 0 Å². The fourth-order valence-corrected chi connectivity index (χ4v) is 3.83. The minimum atomic E-state index is -1.08. The molecule has 29 heavy (non-hydrogen) atoms. The first-order chi connectivity index (χ1) is 14.2. The maximum atomic E-state index is 11.2. The fraction of sp³-hybridized carbons (Fsp3) is 0.286. The second kappa shape index (κ2) is 7.21. The lowest BCUT2D eigenvalue weighted by Crippen LogP contribution is -2.22. The molecular weight excluding hydrogens is 370 g/mol. The van der Waals surface area contributed by atoms with Crippen molar-refractivity contribution < 1.29 is 14.3 Å². The number of rotatable bonds is 4. The number of furan rings is 1. The van der Waals surface area contributed by atoms with E-state index in [2.05, 4.69) is 15.6 Å². The Bertz CT molecular complexity index is 1190. The van der Waals surface area contributed by atoms with Crippen molar-refractivity contribution in [2.24, 2.45) is 0 Å². The highest BCUT2D eigenvalue weighted by Gasteiger charge is 2.15. The predicted molar refractivity (Wildman–Crippen MR) is 109 cm³/mol. The second-order valence-corrected chi connectivity index (χ2v) is 7.32. The maximum Gasteiger partial charge on any atom is 0.371 e. The fourth-order valence-electron chi connectivity index (χ4n) is 3.83. The van der Waals surface area contributed by atoms with Crippen LogP contribution in [0.4, 0.5) is 5.82 Å². The number of hydrogen-bond acceptors (Lipinski definition) is 6. The summed E-state index contributed by atoms with van der Waals surface area (Å²) in [6.07, 6.45) is 5.12. The normalized spacial score (nSPS) is 17.4. The third kappa shape index (κ3) is 3.42. The van der Waals surface area contributed by atoms with Crippen molar-refractivity contribution in [2.75, 3.05) is 18.4 Å². The Morgan fingerprint density at radius 3 is 3.03 bits per heavy atom. The summed E-state index contributed by atoms with van der Waals surface area (Å²) in [7, 11) is 0. The summed E-state index contributed by atoms with van der Waals surface area (Å²) in [6.45, 7) is 2.08. The van der Waals surface area contributed by atoms with Gasteiger partial charge in [0, 0.05) is 17.0 Å². The summed E-state index contributed by atoms with van der Waals surface area (Å²) in [5, 5.41) is 21.6. The van der Waals surface area contributed by atoms with Crippen molar-refractivity contribution in [3.63, 3.8) is 0 Å². The van der Waals surface area contributed by atoms with E-state index in [0.29, 0.717) is 11.6 Å². The Morgan fingerprint density at radius 1 is 1.21 bits per heavy atom. The first-order valence-electron chi connectivity index (χ1n) is 9.77. The number of carboxylic acids is 1. The van der Waals surface area contributed by atoms with Crippen LogP contribution in [0.25, 0.3) is 27.9 Å². The molecule has 4 aromatic rings. The number of nitrogens with one attached hydrogen (secondary N) is 2. The molecule has 0 aliphatic carbocycles. The van der Waals surface area contributed by atoms with E-state index in [1.165, 1.54) is 6.07 Å². The first kappa shape index (κ1) is 17.7. The van der Waals surface area contributed by atoms with Crippen molar-refractivity contribution in [1.82, 2.24) is 19.9 Å². The number of nitrogens with zero attached hydrogens (tertiary/aromatic N) is 3. The smallest absolute Gasteiger partial charge is 0.371 e. The lowest BCUT2D eigenvalue weighted by atomic mass is 10.1. The second-order valence-electron chi connectivity index (χ2n) is 7.32. The highest BCUT2D eigenvalue weighted by Crippen LogP contribution is 2.27. The van der Waals surface area contributed by atoms with E-state index in [1.807, 2.05) is 28.8 Å². The summed E-state index contributed by atoms with van der Waals surface area (Å²) < 4.78 is 7.17. The average Bonchev–Trinajstić information content (AvgIpc) is 3.25. The van der Waals surface area contributed by atoms with Crippen molar-refractivity contribution in [2.45, 2.75) is 25.3 Å². The van der Waals surface area contributed by atoms with Crippen molar-refractivity contribution in [3.8, 4) is 11.3 Å². The number of aromatic carboxylic acids is 1. The van der Waals surface area contributed by atoms with Gasteiger partial charge in [0.1, 0.15) is 11.4 Å². The molecule has 1 unspecified atom stereocenters. The minimum Gasteiger partial charge on any atom is -0.475 e. The van der Waals surface area contributed by atoms with Gasteiger partial charge in [-0.3, -0.25) is 0 Å². The summed E-state index contributed by atoms with van der Waals surface area (Å²) in [5.74, 6) is -0.331. The van der Waals surface area contributed by atoms with Crippen LogP contribution in [0.1, 0.15) is 29.8 Å². The van der Waals surface area contributed by atoms with Crippen molar-refractivity contribution in [1.29, 1.82) is 0 Å². The molecule has 0 saturated carbocycles. The van der Waals surface area contributed by atoms with Crippen LogP contribution in [0.15, 0.2) is 47.0 Å². The quantitative estimate of drug-likeness (QED) is 0.490. The molecule has 0 spiro atoms. The van der Waals surface area contributed by atoms with Gasteiger partial charge in [-0.25, -0.2) is 14.3 Å². The molecule has 8 heteroatoms. The number of fused-ring (bicyclic) bond motifs is 2. The summed E-state index contributed by atoms with van der Waals surface area (Å²) in [6, 6.07) is 11.4. The van der Waals surface area contributed by atoms with Gasteiger partial charge in [-0.15, -0.1) is 5.10 Å². The molecule has 1 fully saturated rings. The monoisotopic (exact) mass is 391 g/mol. The molecule has 1 aliphatic rings. The molecule has 0 amide bonds. The number of hydrogen-bond donors (Lipinski definition) is 3. The summed E-state index contributed by atoms with van der Waals surface area (Å²) in [4.78, 5) is 15.6. The zero-order valence-electron chi connectivity index (χ0n) is 15.8. The van der Waals surface area contributed by atoms with E-state index in [0.717, 1.165) is 60.5 Å². The highest BCUT2D eigenvalue weighted by atomic mass is 16.4. The van der Waals surface area contributed by atoms with E-state index < -0.39 is 5.97 Å². The average molecular weight is 391 g/mol. The highest BCUT2D eigenvalue weighted by molar-refractivity contribution is 5.92. The summed E-state index contributed by atoms with van der Waals surface area (Å²) >= 11 is 0. The van der Waals surface area contributed by atoms with E-state index in [1.54, 1.807) is 12.3 Å². The van der Waals surface area contributed by atoms with Gasteiger partial charge in [0.2, 0.25) is 5.76 Å². The standard InChI is InChI=1S/C21H21N5O3/c27-21(28)18-11-14-10-13(3-4-17(14)29-18)16-12-23-20-6-5-19(25-26(16)20)24-15-2-1-8-22-9-7-15/h3-6,10-12,15,22H,1-2,7-9H2,(H,24,25)(H,27,28). The molecule has 4 heterocycles. The predicted octanol–water partition coefficient (Wildman–Crippen LogP) is 3.39. The molecule has 1 aliphatic heterocycles. The van der Waals surface area contributed by atoms with Crippen LogP contribution in [0.2, 0.25) is 0 Å². The number of carbonyl (C=O) groups is 1. The Morgan fingerprint density at radius 2 is 2.14 bits per heavy atom. The zero-order valence-corrected chi connectivity index (χ0v) is 15.8. The van der Waals surface area contributed by atoms with Gasteiger partial charge in [-0.2, -0.15) is 0 Å². The maximum absolute atomic E-state index is 11.2. The molecule has 1 atom stereocenters. The Hall–Kier alpha value is -3.39. The Labute approximate surface area is 166 Å². The van der Waals surface area contributed by atoms with Gasteiger partial charge in [-0.05, 0) is 68.8 Å². The Kier molecular flexibility index (Phi) is 4.40. The van der Waals surface area contributed by atoms with E-state index >= 15 is 0 Å². The van der Waals surface area contributed by atoms with Gasteiger partial charge in [0.25, 0.3) is 0 Å². The van der Waals surface area contributed by atoms with Gasteiger partial charge in [0.05, 0.1) is 11.9 Å². The van der Waals surface area contributed by atoms with Gasteiger partial charge >= 0.3 is 5.97 Å². The molecule has 5 rings (SSSR count). The molecule has 0 radical (unpaired) electrons. The van der Waals surface area contributed by atoms with E-state index in [-0.39, 0.29) is 5.76 Å². The number of benzene rings is 1. The van der Waals surface area contributed by atoms with Crippen LogP contribution < -0.4 is 10.6 Å². The SMILES string of the molecule is O=C(O)c1cc2cc(-c3cnc4ccc(NC5CCCNCC5)nn34)ccc2o1. The van der Waals surface area contributed by atoms with Crippen LogP contribution in [0, 0.1) is 0 Å². The molecule has 8 nitrogen and oxygen atoms in total. The largest absolute Gasteiger partial charge is 0.475 e. The van der Waals surface area contributed by atoms with Crippen LogP contribution in [-0.4, -0.2) is 44.8 Å². The van der Waals surface area contributed by atoms with E-state index in [4.69, 9.17) is 14.6 Å². The number of anilines is 1. The lowest BCUT2D eigenvalue weighted by molar-refractivity contribution is 0.0665. The third-order valence-corrected chi connectivity index (χ3v) is 5.31. The number of carboxylic acid groups (broad SMARTS) is 1. The molecular formula is C21H21N5O3. The lowest BCUT2D eigenvalue weighted by Gasteiger charge is -2.16. The minimum absolute atomic E-state index is 0.0715. The van der Waals surface area contributed by atoms with Crippen molar-refractivity contribution >= 4 is 28.4 Å². The van der Waals surface area contributed by atoms with Crippen LogP contribution in [-0.2, 0) is 0 Å². The molecule has 0 bridgehead atoms. The van der Waals surface area contributed by atoms with Crippen molar-refractivity contribution in [3.05, 3.63) is 48.4 Å². The van der Waals surface area contributed by atoms with Gasteiger partial charge in [0.15, 0.2) is 5.65 Å². The molecule has 148 valence electrons.